The van der Waals surface area contributed by atoms with Gasteiger partial charge in [-0.25, -0.2) is 0 Å². The van der Waals surface area contributed by atoms with Crippen LogP contribution < -0.4 is 4.74 Å². The molecule has 3 aromatic rings. The number of hydrogen-bond donors (Lipinski definition) is 0. The molecule has 3 nitrogen and oxygen atoms in total. The first-order valence-corrected chi connectivity index (χ1v) is 16.8. The van der Waals surface area contributed by atoms with Gasteiger partial charge in [0.1, 0.15) is 12.4 Å². The highest BCUT2D eigenvalue weighted by Gasteiger charge is 2.48. The van der Waals surface area contributed by atoms with E-state index in [9.17, 15) is 0 Å². The van der Waals surface area contributed by atoms with Gasteiger partial charge >= 0.3 is 0 Å². The molecule has 3 aromatic carbocycles. The minimum atomic E-state index is -2.08. The maximum Gasteiger partial charge on any atom is 0.200 e. The summed E-state index contributed by atoms with van der Waals surface area (Å²) in [6.07, 6.45) is 4.76. The molecule has 0 saturated heterocycles. The molecular formula is C35H47NO2Si. The van der Waals surface area contributed by atoms with Crippen LogP contribution in [0.15, 0.2) is 97.2 Å². The third-order valence-electron chi connectivity index (χ3n) is 8.63. The van der Waals surface area contributed by atoms with Gasteiger partial charge in [0.05, 0.1) is 12.1 Å². The maximum atomic E-state index is 7.50. The van der Waals surface area contributed by atoms with Gasteiger partial charge < -0.3 is 14.1 Å². The normalized spacial score (nSPS) is 18.7. The van der Waals surface area contributed by atoms with Gasteiger partial charge in [0.25, 0.3) is 0 Å². The Balaban J connectivity index is 1.61. The quantitative estimate of drug-likeness (QED) is 0.226. The lowest BCUT2D eigenvalue weighted by Crippen LogP contribution is -2.53. The molecule has 4 rings (SSSR count). The Kier molecular flexibility index (Phi) is 9.74. The molecule has 1 unspecified atom stereocenters. The molecule has 3 atom stereocenters. The molecule has 0 amide bonds. The minimum Gasteiger partial charge on any atom is -0.489 e. The molecule has 1 aliphatic heterocycles. The molecule has 0 aromatic heterocycles. The Morgan fingerprint density at radius 1 is 0.744 bits per heavy atom. The zero-order valence-electron chi connectivity index (χ0n) is 24.9. The Morgan fingerprint density at radius 3 is 1.87 bits per heavy atom. The minimum absolute atomic E-state index is 0.0936. The van der Waals surface area contributed by atoms with Crippen molar-refractivity contribution in [3.05, 3.63) is 114 Å². The predicted molar refractivity (Wildman–Crippen MR) is 167 cm³/mol. The Morgan fingerprint density at radius 2 is 1.31 bits per heavy atom. The summed E-state index contributed by atoms with van der Waals surface area (Å²) in [5.41, 5.74) is 5.41. The lowest BCUT2D eigenvalue weighted by molar-refractivity contribution is 0.0987. The summed E-state index contributed by atoms with van der Waals surface area (Å²) in [5.74, 6) is 1.10. The molecule has 0 saturated carbocycles. The first-order valence-electron chi connectivity index (χ1n) is 14.7. The molecule has 0 radical (unpaired) electrons. The summed E-state index contributed by atoms with van der Waals surface area (Å²) >= 11 is 0. The fraction of sp³-hybridized carbons (Fsp3) is 0.429. The van der Waals surface area contributed by atoms with Crippen molar-refractivity contribution in [2.24, 2.45) is 0 Å². The molecule has 0 bridgehead atoms. The van der Waals surface area contributed by atoms with E-state index < -0.39 is 8.32 Å². The zero-order chi connectivity index (χ0) is 28.0. The van der Waals surface area contributed by atoms with Gasteiger partial charge in [-0.1, -0.05) is 120 Å². The van der Waals surface area contributed by atoms with Gasteiger partial charge in [-0.15, -0.1) is 0 Å². The van der Waals surface area contributed by atoms with Gasteiger partial charge in [0.2, 0.25) is 8.32 Å². The van der Waals surface area contributed by atoms with E-state index in [0.717, 1.165) is 12.3 Å². The van der Waals surface area contributed by atoms with Crippen LogP contribution in [-0.4, -0.2) is 25.9 Å². The largest absolute Gasteiger partial charge is 0.489 e. The molecule has 39 heavy (non-hydrogen) atoms. The highest BCUT2D eigenvalue weighted by atomic mass is 28.4. The molecule has 0 aliphatic carbocycles. The summed E-state index contributed by atoms with van der Waals surface area (Å²) in [5, 5.41) is 0. The first kappa shape index (κ1) is 29.2. The molecule has 1 heterocycles. The Hall–Kier alpha value is -2.82. The van der Waals surface area contributed by atoms with Crippen LogP contribution in [0.25, 0.3) is 0 Å². The van der Waals surface area contributed by atoms with E-state index in [0.29, 0.717) is 23.2 Å². The molecule has 0 fully saturated rings. The van der Waals surface area contributed by atoms with Crippen molar-refractivity contribution >= 4 is 8.32 Å². The fourth-order valence-corrected chi connectivity index (χ4v) is 12.1. The second-order valence-electron chi connectivity index (χ2n) is 12.0. The molecule has 0 N–H and O–H groups in total. The number of hydrogen-bond acceptors (Lipinski definition) is 3. The van der Waals surface area contributed by atoms with Crippen molar-refractivity contribution in [1.29, 1.82) is 0 Å². The van der Waals surface area contributed by atoms with Crippen LogP contribution in [0.5, 0.6) is 5.75 Å². The van der Waals surface area contributed by atoms with E-state index in [1.165, 1.54) is 16.7 Å². The maximum absolute atomic E-state index is 7.50. The van der Waals surface area contributed by atoms with Crippen molar-refractivity contribution in [3.63, 3.8) is 0 Å². The van der Waals surface area contributed by atoms with Crippen molar-refractivity contribution in [2.45, 2.75) is 89.8 Å². The van der Waals surface area contributed by atoms with Gasteiger partial charge in [-0.05, 0) is 58.6 Å². The average molecular weight is 542 g/mol. The van der Waals surface area contributed by atoms with Crippen LogP contribution in [0.3, 0.4) is 0 Å². The number of rotatable bonds is 11. The topological polar surface area (TPSA) is 21.7 Å². The van der Waals surface area contributed by atoms with E-state index in [1.54, 1.807) is 0 Å². The lowest BCUT2D eigenvalue weighted by atomic mass is 9.90. The first-order chi connectivity index (χ1) is 18.7. The van der Waals surface area contributed by atoms with Crippen LogP contribution in [0.2, 0.25) is 16.6 Å². The number of ether oxygens (including phenoxy) is 1. The van der Waals surface area contributed by atoms with Crippen molar-refractivity contribution in [3.8, 4) is 5.75 Å². The molecule has 1 aliphatic rings. The van der Waals surface area contributed by atoms with Gasteiger partial charge in [-0.3, -0.25) is 0 Å². The van der Waals surface area contributed by atoms with E-state index >= 15 is 0 Å². The van der Waals surface area contributed by atoms with Crippen LogP contribution >= 0.6 is 0 Å². The lowest BCUT2D eigenvalue weighted by Gasteiger charge is -2.48. The zero-order valence-corrected chi connectivity index (χ0v) is 25.9. The van der Waals surface area contributed by atoms with E-state index in [-0.39, 0.29) is 18.1 Å². The molecule has 208 valence electrons. The van der Waals surface area contributed by atoms with Crippen LogP contribution in [0.1, 0.15) is 77.1 Å². The average Bonchev–Trinajstić information content (AvgIpc) is 2.95. The van der Waals surface area contributed by atoms with Crippen LogP contribution in [0, 0.1) is 0 Å². The summed E-state index contributed by atoms with van der Waals surface area (Å²) in [7, 11) is -2.08. The second-order valence-corrected chi connectivity index (χ2v) is 17.4. The van der Waals surface area contributed by atoms with Gasteiger partial charge in [-0.2, -0.15) is 0 Å². The third-order valence-corrected chi connectivity index (χ3v) is 14.8. The number of benzene rings is 3. The highest BCUT2D eigenvalue weighted by Crippen LogP contribution is 2.45. The molecule has 4 heteroatoms. The summed E-state index contributed by atoms with van der Waals surface area (Å²) in [6.45, 7) is 18.0. The second kappa shape index (κ2) is 13.0. The monoisotopic (exact) mass is 541 g/mol. The summed E-state index contributed by atoms with van der Waals surface area (Å²) in [4.78, 5) is 2.47. The van der Waals surface area contributed by atoms with E-state index in [4.69, 9.17) is 9.16 Å². The van der Waals surface area contributed by atoms with Crippen molar-refractivity contribution < 1.29 is 9.16 Å². The summed E-state index contributed by atoms with van der Waals surface area (Å²) < 4.78 is 13.6. The highest BCUT2D eigenvalue weighted by molar-refractivity contribution is 6.77. The van der Waals surface area contributed by atoms with Gasteiger partial charge in [0, 0.05) is 12.5 Å². The van der Waals surface area contributed by atoms with Crippen molar-refractivity contribution in [2.75, 3.05) is 6.54 Å². The van der Waals surface area contributed by atoms with E-state index in [1.807, 2.05) is 18.2 Å². The molecular weight excluding hydrogens is 494 g/mol. The Labute approximate surface area is 238 Å². The third kappa shape index (κ3) is 6.67. The smallest absolute Gasteiger partial charge is 0.200 e. The standard InChI is InChI=1S/C35H47NO2Si/c1-26(2)39(27(3)4,28(5)6)38-35-24-36(29(7)31-16-12-9-13-17-31)23-22-34(35)32-18-20-33(21-19-32)37-25-30-14-10-8-11-15-30/h8-23,26-29,34-35H,24-25H2,1-7H3/t29-,34?,35-/m1/s1. The fourth-order valence-electron chi connectivity index (χ4n) is 6.55. The van der Waals surface area contributed by atoms with E-state index in [2.05, 4.69) is 132 Å². The number of nitrogens with zero attached hydrogens (tertiary/aromatic N) is 1. The Bertz CT molecular complexity index is 1150. The van der Waals surface area contributed by atoms with Crippen LogP contribution in [0.4, 0.5) is 0 Å². The van der Waals surface area contributed by atoms with Gasteiger partial charge in [0.15, 0.2) is 0 Å². The summed E-state index contributed by atoms with van der Waals surface area (Å²) in [6, 6.07) is 30.1. The van der Waals surface area contributed by atoms with Crippen molar-refractivity contribution in [1.82, 2.24) is 4.90 Å². The SMILES string of the molecule is CC(C)[Si](O[C@@H]1CN([C@H](C)c2ccccc2)C=CC1c1ccc(OCc2ccccc2)cc1)(C(C)C)C(C)C. The van der Waals surface area contributed by atoms with Crippen LogP contribution in [-0.2, 0) is 11.0 Å². The predicted octanol–water partition coefficient (Wildman–Crippen LogP) is 9.50. The molecule has 0 spiro atoms.